The molecule has 0 aliphatic carbocycles. The molecule has 6 rings (SSSR count). The zero-order chi connectivity index (χ0) is 30.6. The van der Waals surface area contributed by atoms with Crippen molar-refractivity contribution >= 4 is 75.4 Å². The molecule has 4 heterocycles. The van der Waals surface area contributed by atoms with Crippen LogP contribution in [-0.4, -0.2) is 32.5 Å². The number of nitrogens with one attached hydrogen (secondary N) is 1. The minimum Gasteiger partial charge on any atom is -0.324 e. The fourth-order valence-corrected chi connectivity index (χ4v) is 8.31. The minimum atomic E-state index is -4.82. The van der Waals surface area contributed by atoms with E-state index in [0.29, 0.717) is 21.0 Å². The lowest BCUT2D eigenvalue weighted by atomic mass is 9.84. The first-order chi connectivity index (χ1) is 20.5. The lowest BCUT2D eigenvalue weighted by Gasteiger charge is -2.30. The highest BCUT2D eigenvalue weighted by Gasteiger charge is 2.57. The number of pyridine rings is 1. The van der Waals surface area contributed by atoms with Crippen LogP contribution in [-0.2, 0) is 27.1 Å². The fourth-order valence-electron chi connectivity index (χ4n) is 5.24. The van der Waals surface area contributed by atoms with E-state index in [2.05, 4.69) is 10.3 Å². The number of para-hydroxylation sites is 1. The van der Waals surface area contributed by atoms with E-state index in [1.54, 1.807) is 12.1 Å². The number of halogens is 5. The molecule has 4 aromatic rings. The number of aromatic nitrogens is 2. The van der Waals surface area contributed by atoms with Gasteiger partial charge in [0, 0.05) is 28.9 Å². The number of anilines is 2. The number of imide groups is 1. The van der Waals surface area contributed by atoms with Gasteiger partial charge in [0.1, 0.15) is 11.8 Å². The fraction of sp³-hybridized carbons (Fsp3) is 0.179. The summed E-state index contributed by atoms with van der Waals surface area (Å²) in [5.74, 6) is -4.22. The monoisotopic (exact) mass is 664 g/mol. The molecule has 1 saturated heterocycles. The summed E-state index contributed by atoms with van der Waals surface area (Å²) >= 11 is 13.7. The van der Waals surface area contributed by atoms with E-state index >= 15 is 0 Å². The van der Waals surface area contributed by atoms with Crippen LogP contribution in [0.15, 0.2) is 76.8 Å². The highest BCUT2D eigenvalue weighted by Crippen LogP contribution is 2.54. The Hall–Kier alpha value is -3.65. The summed E-state index contributed by atoms with van der Waals surface area (Å²) in [7, 11) is 0. The van der Waals surface area contributed by atoms with Crippen LogP contribution >= 0.6 is 46.3 Å². The molecule has 3 amide bonds. The minimum absolute atomic E-state index is 0.214. The molecule has 0 saturated carbocycles. The largest absolute Gasteiger partial charge is 0.418 e. The highest BCUT2D eigenvalue weighted by atomic mass is 35.5. The van der Waals surface area contributed by atoms with Gasteiger partial charge >= 0.3 is 11.0 Å². The predicted octanol–water partition coefficient (Wildman–Crippen LogP) is 6.06. The Bertz CT molecular complexity index is 1850. The number of thiazole rings is 1. The molecule has 1 N–H and O–H groups in total. The first kappa shape index (κ1) is 29.4. The predicted molar refractivity (Wildman–Crippen MR) is 157 cm³/mol. The van der Waals surface area contributed by atoms with Crippen molar-refractivity contribution in [1.82, 2.24) is 9.55 Å². The van der Waals surface area contributed by atoms with Crippen molar-refractivity contribution in [3.8, 4) is 0 Å². The number of fused-ring (bicyclic) bond motifs is 2. The zero-order valence-electron chi connectivity index (χ0n) is 21.5. The van der Waals surface area contributed by atoms with E-state index in [-0.39, 0.29) is 15.1 Å². The number of nitrogens with zero attached hydrogens (tertiary/aromatic N) is 3. The van der Waals surface area contributed by atoms with Crippen molar-refractivity contribution < 1.29 is 27.6 Å². The van der Waals surface area contributed by atoms with Gasteiger partial charge in [-0.3, -0.25) is 28.7 Å². The second-order valence-corrected chi connectivity index (χ2v) is 12.6. The Kier molecular flexibility index (Phi) is 7.61. The third-order valence-electron chi connectivity index (χ3n) is 7.05. The third kappa shape index (κ3) is 5.24. The number of carbonyl (C=O) groups excluding carboxylic acids is 3. The van der Waals surface area contributed by atoms with E-state index in [9.17, 15) is 32.3 Å². The number of amides is 3. The van der Waals surface area contributed by atoms with Gasteiger partial charge in [-0.15, -0.1) is 0 Å². The highest BCUT2D eigenvalue weighted by molar-refractivity contribution is 8.00. The lowest BCUT2D eigenvalue weighted by molar-refractivity contribution is -0.137. The Morgan fingerprint density at radius 3 is 2.47 bits per heavy atom. The molecular formula is C28H17Cl2F3N4O4S2. The van der Waals surface area contributed by atoms with Gasteiger partial charge in [-0.25, -0.2) is 4.90 Å². The van der Waals surface area contributed by atoms with Crippen molar-refractivity contribution in [2.24, 2.45) is 5.92 Å². The summed E-state index contributed by atoms with van der Waals surface area (Å²) in [6.45, 7) is -0.433. The quantitative estimate of drug-likeness (QED) is 0.260. The lowest BCUT2D eigenvalue weighted by Crippen LogP contribution is -2.33. The third-order valence-corrected chi connectivity index (χ3v) is 10.4. The standard InChI is InChI=1S/C28H17Cl2F3N4O4S2/c29-16-8-7-14(10-17(16)30)35-19(38)12-36-26-23(43-27(36)41)20(13-4-3-9-34-11-13)21-22(42-26)25(40)37(24(21)39)18-6-2-1-5-15(18)28(31,32)33/h1-11,20-22H,12H2,(H,35,38). The summed E-state index contributed by atoms with van der Waals surface area (Å²) < 4.78 is 42.9. The first-order valence-corrected chi connectivity index (χ1v) is 15.0. The maximum Gasteiger partial charge on any atom is 0.418 e. The first-order valence-electron chi connectivity index (χ1n) is 12.5. The molecule has 220 valence electrons. The van der Waals surface area contributed by atoms with Crippen LogP contribution in [0, 0.1) is 5.92 Å². The number of benzene rings is 2. The Labute approximate surface area is 259 Å². The summed E-state index contributed by atoms with van der Waals surface area (Å²) in [6.07, 6.45) is -1.83. The van der Waals surface area contributed by atoms with E-state index in [1.807, 2.05) is 0 Å². The van der Waals surface area contributed by atoms with Gasteiger partial charge in [0.05, 0.1) is 32.2 Å². The van der Waals surface area contributed by atoms with Gasteiger partial charge in [0.25, 0.3) is 0 Å². The van der Waals surface area contributed by atoms with Crippen LogP contribution < -0.4 is 15.1 Å². The number of thioether (sulfide) groups is 1. The number of rotatable bonds is 5. The van der Waals surface area contributed by atoms with Crippen molar-refractivity contribution in [2.75, 3.05) is 10.2 Å². The van der Waals surface area contributed by atoms with Crippen molar-refractivity contribution in [3.05, 3.63) is 103 Å². The van der Waals surface area contributed by atoms with E-state index in [4.69, 9.17) is 23.2 Å². The Balaban J connectivity index is 1.41. The topological polar surface area (TPSA) is 101 Å². The van der Waals surface area contributed by atoms with Crippen LogP contribution in [0.4, 0.5) is 24.5 Å². The van der Waals surface area contributed by atoms with Crippen molar-refractivity contribution in [2.45, 2.75) is 28.9 Å². The van der Waals surface area contributed by atoms with Crippen LogP contribution in [0.2, 0.25) is 10.0 Å². The molecule has 2 aliphatic heterocycles. The maximum absolute atomic E-state index is 13.9. The molecule has 1 fully saturated rings. The van der Waals surface area contributed by atoms with Gasteiger partial charge in [-0.05, 0) is 42.0 Å². The molecule has 3 unspecified atom stereocenters. The summed E-state index contributed by atoms with van der Waals surface area (Å²) in [6, 6.07) is 12.2. The smallest absolute Gasteiger partial charge is 0.324 e. The number of alkyl halides is 3. The Morgan fingerprint density at radius 1 is 1.00 bits per heavy atom. The molecular weight excluding hydrogens is 648 g/mol. The van der Waals surface area contributed by atoms with Crippen LogP contribution in [0.1, 0.15) is 21.9 Å². The van der Waals surface area contributed by atoms with Crippen LogP contribution in [0.5, 0.6) is 0 Å². The molecule has 2 aromatic carbocycles. The molecule has 15 heteroatoms. The van der Waals surface area contributed by atoms with Crippen molar-refractivity contribution in [3.63, 3.8) is 0 Å². The second-order valence-electron chi connectivity index (χ2n) is 9.66. The summed E-state index contributed by atoms with van der Waals surface area (Å²) in [5, 5.41) is 2.27. The average Bonchev–Trinajstić information content (AvgIpc) is 3.41. The van der Waals surface area contributed by atoms with E-state index < -0.39 is 63.7 Å². The maximum atomic E-state index is 13.9. The molecule has 8 nitrogen and oxygen atoms in total. The van der Waals surface area contributed by atoms with Gasteiger partial charge in [0.15, 0.2) is 0 Å². The average molecular weight is 666 g/mol. The van der Waals surface area contributed by atoms with Crippen LogP contribution in [0.3, 0.4) is 0 Å². The van der Waals surface area contributed by atoms with E-state index in [0.717, 1.165) is 35.2 Å². The summed E-state index contributed by atoms with van der Waals surface area (Å²) in [5.41, 5.74) is -0.844. The molecule has 2 aromatic heterocycles. The second kappa shape index (κ2) is 11.1. The molecule has 2 aliphatic rings. The van der Waals surface area contributed by atoms with Crippen molar-refractivity contribution in [1.29, 1.82) is 0 Å². The van der Waals surface area contributed by atoms with Gasteiger partial charge < -0.3 is 5.32 Å². The molecule has 0 bridgehead atoms. The van der Waals surface area contributed by atoms with Gasteiger partial charge in [-0.1, -0.05) is 64.5 Å². The SMILES string of the molecule is O=C(Cn1c2c(sc1=O)C(c1cccnc1)C1C(=O)N(c3ccccc3C(F)(F)F)C(=O)C1S2)Nc1ccc(Cl)c(Cl)c1. The number of hydrogen-bond donors (Lipinski definition) is 1. The Morgan fingerprint density at radius 2 is 1.77 bits per heavy atom. The van der Waals surface area contributed by atoms with E-state index in [1.165, 1.54) is 47.3 Å². The number of carbonyl (C=O) groups is 3. The molecule has 0 radical (unpaired) electrons. The van der Waals surface area contributed by atoms with Gasteiger partial charge in [0.2, 0.25) is 17.7 Å². The van der Waals surface area contributed by atoms with Gasteiger partial charge in [-0.2, -0.15) is 13.2 Å². The molecule has 43 heavy (non-hydrogen) atoms. The molecule has 0 spiro atoms. The molecule has 3 atom stereocenters. The zero-order valence-corrected chi connectivity index (χ0v) is 24.6. The normalized spacial score (nSPS) is 19.7. The number of hydrogen-bond acceptors (Lipinski definition) is 7. The summed E-state index contributed by atoms with van der Waals surface area (Å²) in [4.78, 5) is 58.5. The van der Waals surface area contributed by atoms with Crippen LogP contribution in [0.25, 0.3) is 0 Å².